The molecule has 2 heterocycles. The van der Waals surface area contributed by atoms with Crippen molar-refractivity contribution in [1.82, 2.24) is 15.1 Å². The first-order valence-corrected chi connectivity index (χ1v) is 9.41. The SMILES string of the molecule is CN1CCN(c2ccc(NCc3nnc(-c4ccccc4Cl)o3)cc2)CC1. The number of hydrogen-bond acceptors (Lipinski definition) is 6. The Bertz CT molecular complexity index is 887. The second-order valence-corrected chi connectivity index (χ2v) is 7.08. The van der Waals surface area contributed by atoms with Crippen molar-refractivity contribution in [3.63, 3.8) is 0 Å². The van der Waals surface area contributed by atoms with Gasteiger partial charge in [0.05, 0.1) is 17.1 Å². The molecule has 0 bridgehead atoms. The van der Waals surface area contributed by atoms with Crippen molar-refractivity contribution >= 4 is 23.0 Å². The largest absolute Gasteiger partial charge is 0.419 e. The Balaban J connectivity index is 1.36. The molecule has 7 heteroatoms. The molecule has 2 aromatic carbocycles. The van der Waals surface area contributed by atoms with Gasteiger partial charge in [0, 0.05) is 37.6 Å². The first-order valence-electron chi connectivity index (χ1n) is 9.04. The predicted octanol–water partition coefficient (Wildman–Crippen LogP) is 3.75. The Hall–Kier alpha value is -2.57. The van der Waals surface area contributed by atoms with Crippen molar-refractivity contribution in [3.8, 4) is 11.5 Å². The van der Waals surface area contributed by atoms with E-state index in [-0.39, 0.29) is 0 Å². The summed E-state index contributed by atoms with van der Waals surface area (Å²) in [5.41, 5.74) is 3.02. The van der Waals surface area contributed by atoms with E-state index in [2.05, 4.69) is 56.6 Å². The highest BCUT2D eigenvalue weighted by molar-refractivity contribution is 6.33. The van der Waals surface area contributed by atoms with Crippen molar-refractivity contribution in [2.45, 2.75) is 6.54 Å². The van der Waals surface area contributed by atoms with Gasteiger partial charge in [-0.3, -0.25) is 0 Å². The summed E-state index contributed by atoms with van der Waals surface area (Å²) >= 11 is 6.18. The van der Waals surface area contributed by atoms with E-state index in [1.54, 1.807) is 6.07 Å². The molecule has 0 amide bonds. The summed E-state index contributed by atoms with van der Waals surface area (Å²) in [5.74, 6) is 0.955. The van der Waals surface area contributed by atoms with Gasteiger partial charge in [0.25, 0.3) is 0 Å². The Morgan fingerprint density at radius 2 is 1.74 bits per heavy atom. The van der Waals surface area contributed by atoms with Crippen LogP contribution in [0.5, 0.6) is 0 Å². The maximum atomic E-state index is 6.18. The lowest BCUT2D eigenvalue weighted by Crippen LogP contribution is -2.44. The molecule has 1 aromatic heterocycles. The van der Waals surface area contributed by atoms with Crippen molar-refractivity contribution in [1.29, 1.82) is 0 Å². The molecule has 1 aliphatic rings. The van der Waals surface area contributed by atoms with E-state index in [1.807, 2.05) is 18.2 Å². The van der Waals surface area contributed by atoms with E-state index >= 15 is 0 Å². The topological polar surface area (TPSA) is 57.4 Å². The van der Waals surface area contributed by atoms with Crippen LogP contribution < -0.4 is 10.2 Å². The molecule has 3 aromatic rings. The molecule has 0 saturated carbocycles. The van der Waals surface area contributed by atoms with Gasteiger partial charge in [-0.25, -0.2) is 0 Å². The van der Waals surface area contributed by atoms with Crippen molar-refractivity contribution in [3.05, 3.63) is 59.4 Å². The van der Waals surface area contributed by atoms with Gasteiger partial charge >= 0.3 is 0 Å². The van der Waals surface area contributed by atoms with Gasteiger partial charge < -0.3 is 19.5 Å². The Kier molecular flexibility index (Phi) is 5.27. The average molecular weight is 384 g/mol. The number of benzene rings is 2. The van der Waals surface area contributed by atoms with Crippen LogP contribution in [0.3, 0.4) is 0 Å². The zero-order chi connectivity index (χ0) is 18.6. The van der Waals surface area contributed by atoms with Gasteiger partial charge in [0.15, 0.2) is 0 Å². The molecule has 1 saturated heterocycles. The van der Waals surface area contributed by atoms with Gasteiger partial charge in [-0.15, -0.1) is 10.2 Å². The third-order valence-corrected chi connectivity index (χ3v) is 5.08. The number of halogens is 1. The van der Waals surface area contributed by atoms with Gasteiger partial charge in [0.2, 0.25) is 11.8 Å². The molecule has 0 aliphatic carbocycles. The fourth-order valence-electron chi connectivity index (χ4n) is 3.10. The lowest BCUT2D eigenvalue weighted by Gasteiger charge is -2.34. The van der Waals surface area contributed by atoms with Crippen LogP contribution in [0.25, 0.3) is 11.5 Å². The number of rotatable bonds is 5. The highest BCUT2D eigenvalue weighted by Crippen LogP contribution is 2.26. The summed E-state index contributed by atoms with van der Waals surface area (Å²) in [6, 6.07) is 15.9. The minimum Gasteiger partial charge on any atom is -0.419 e. The Morgan fingerprint density at radius 3 is 2.48 bits per heavy atom. The smallest absolute Gasteiger partial charge is 0.249 e. The highest BCUT2D eigenvalue weighted by Gasteiger charge is 2.14. The zero-order valence-electron chi connectivity index (χ0n) is 15.2. The number of nitrogens with one attached hydrogen (secondary N) is 1. The summed E-state index contributed by atoms with van der Waals surface area (Å²) in [7, 11) is 2.17. The number of likely N-dealkylation sites (N-methyl/N-ethyl adjacent to an activating group) is 1. The van der Waals surface area contributed by atoms with E-state index in [4.69, 9.17) is 16.0 Å². The van der Waals surface area contributed by atoms with Crippen molar-refractivity contribution < 1.29 is 4.42 Å². The molecule has 0 radical (unpaired) electrons. The molecular weight excluding hydrogens is 362 g/mol. The van der Waals surface area contributed by atoms with Crippen LogP contribution in [0.1, 0.15) is 5.89 Å². The summed E-state index contributed by atoms with van der Waals surface area (Å²) < 4.78 is 5.72. The Morgan fingerprint density at radius 1 is 1.00 bits per heavy atom. The quantitative estimate of drug-likeness (QED) is 0.724. The summed E-state index contributed by atoms with van der Waals surface area (Å²) in [6.45, 7) is 4.80. The predicted molar refractivity (Wildman–Crippen MR) is 108 cm³/mol. The third-order valence-electron chi connectivity index (χ3n) is 4.75. The lowest BCUT2D eigenvalue weighted by molar-refractivity contribution is 0.313. The van der Waals surface area contributed by atoms with Crippen molar-refractivity contribution in [2.24, 2.45) is 0 Å². The molecule has 140 valence electrons. The second-order valence-electron chi connectivity index (χ2n) is 6.67. The van der Waals surface area contributed by atoms with Gasteiger partial charge in [0.1, 0.15) is 0 Å². The minimum absolute atomic E-state index is 0.433. The molecule has 0 atom stereocenters. The normalized spacial score (nSPS) is 15.1. The maximum Gasteiger partial charge on any atom is 0.249 e. The first-order chi connectivity index (χ1) is 13.2. The maximum absolute atomic E-state index is 6.18. The third kappa shape index (κ3) is 4.23. The van der Waals surface area contributed by atoms with Crippen LogP contribution in [0, 0.1) is 0 Å². The molecule has 1 fully saturated rings. The zero-order valence-corrected chi connectivity index (χ0v) is 16.0. The number of anilines is 2. The van der Waals surface area contributed by atoms with Crippen LogP contribution >= 0.6 is 11.6 Å². The second kappa shape index (κ2) is 7.98. The summed E-state index contributed by atoms with van der Waals surface area (Å²) in [4.78, 5) is 4.77. The molecule has 1 N–H and O–H groups in total. The first kappa shape index (κ1) is 17.8. The fraction of sp³-hybridized carbons (Fsp3) is 0.300. The number of hydrogen-bond donors (Lipinski definition) is 1. The van der Waals surface area contributed by atoms with Crippen LogP contribution in [0.4, 0.5) is 11.4 Å². The Labute approximate surface area is 163 Å². The fourth-order valence-corrected chi connectivity index (χ4v) is 3.32. The lowest BCUT2D eigenvalue weighted by atomic mass is 10.2. The van der Waals surface area contributed by atoms with Crippen molar-refractivity contribution in [2.75, 3.05) is 43.4 Å². The summed E-state index contributed by atoms with van der Waals surface area (Å²) in [5, 5.41) is 12.1. The number of aromatic nitrogens is 2. The monoisotopic (exact) mass is 383 g/mol. The van der Waals surface area contributed by atoms with E-state index in [1.165, 1.54) is 5.69 Å². The molecule has 6 nitrogen and oxygen atoms in total. The molecule has 0 unspecified atom stereocenters. The minimum atomic E-state index is 0.433. The molecule has 4 rings (SSSR count). The standard InChI is InChI=1S/C20H22ClN5O/c1-25-10-12-26(13-11-25)16-8-6-15(7-9-16)22-14-19-23-24-20(27-19)17-4-2-3-5-18(17)21/h2-9,22H,10-14H2,1H3. The van der Waals surface area contributed by atoms with Gasteiger partial charge in [-0.1, -0.05) is 23.7 Å². The number of piperazine rings is 1. The van der Waals surface area contributed by atoms with Crippen LogP contribution in [-0.4, -0.2) is 48.3 Å². The molecule has 1 aliphatic heterocycles. The van der Waals surface area contributed by atoms with Crippen LogP contribution in [0.2, 0.25) is 5.02 Å². The van der Waals surface area contributed by atoms with Crippen LogP contribution in [-0.2, 0) is 6.54 Å². The van der Waals surface area contributed by atoms with E-state index in [9.17, 15) is 0 Å². The van der Waals surface area contributed by atoms with Gasteiger partial charge in [-0.2, -0.15) is 0 Å². The number of nitrogens with zero attached hydrogens (tertiary/aromatic N) is 4. The van der Waals surface area contributed by atoms with E-state index in [0.29, 0.717) is 23.3 Å². The van der Waals surface area contributed by atoms with E-state index in [0.717, 1.165) is 37.4 Å². The molecule has 27 heavy (non-hydrogen) atoms. The molecule has 0 spiro atoms. The van der Waals surface area contributed by atoms with Crippen LogP contribution in [0.15, 0.2) is 52.9 Å². The molecular formula is C20H22ClN5O. The van der Waals surface area contributed by atoms with E-state index < -0.39 is 0 Å². The highest BCUT2D eigenvalue weighted by atomic mass is 35.5. The average Bonchev–Trinajstić information content (AvgIpc) is 3.17. The van der Waals surface area contributed by atoms with Gasteiger partial charge in [-0.05, 0) is 43.4 Å². The summed E-state index contributed by atoms with van der Waals surface area (Å²) in [6.07, 6.45) is 0.